The summed E-state index contributed by atoms with van der Waals surface area (Å²) in [5.74, 6) is 0.203. The van der Waals surface area contributed by atoms with Gasteiger partial charge in [0.05, 0.1) is 11.8 Å². The van der Waals surface area contributed by atoms with Crippen LogP contribution >= 0.6 is 0 Å². The van der Waals surface area contributed by atoms with Crippen LogP contribution in [0.2, 0.25) is 0 Å². The normalized spacial score (nSPS) is 31.1. The molecule has 0 saturated carbocycles. The number of fused-ring (bicyclic) bond motifs is 1. The average Bonchev–Trinajstić information content (AvgIpc) is 3.05. The Morgan fingerprint density at radius 3 is 2.76 bits per heavy atom. The van der Waals surface area contributed by atoms with Crippen molar-refractivity contribution in [2.75, 3.05) is 39.8 Å². The Kier molecular flexibility index (Phi) is 5.01. The zero-order chi connectivity index (χ0) is 17.2. The Morgan fingerprint density at radius 1 is 1.16 bits per heavy atom. The second-order valence-electron chi connectivity index (χ2n) is 7.52. The van der Waals surface area contributed by atoms with Crippen LogP contribution in [0.4, 0.5) is 0 Å². The predicted octanol–water partition coefficient (Wildman–Crippen LogP) is 0.977. The standard InChI is InChI=1S/C19H28N4O2/c1-21-10-12-22(13-11-21)19(24)18-6-5-16-17(25-18)7-9-23(16)14-15-4-2-3-8-20-15/h2-4,8,16-18H,5-7,9-14H2,1H3/t16-,17-,18-/m1/s1. The Morgan fingerprint density at radius 2 is 2.00 bits per heavy atom. The van der Waals surface area contributed by atoms with E-state index in [2.05, 4.69) is 27.9 Å². The zero-order valence-corrected chi connectivity index (χ0v) is 15.0. The van der Waals surface area contributed by atoms with Gasteiger partial charge in [-0.2, -0.15) is 0 Å². The van der Waals surface area contributed by atoms with E-state index in [0.29, 0.717) is 6.04 Å². The molecule has 0 radical (unpaired) electrons. The summed E-state index contributed by atoms with van der Waals surface area (Å²) >= 11 is 0. The van der Waals surface area contributed by atoms with Gasteiger partial charge in [-0.15, -0.1) is 0 Å². The lowest BCUT2D eigenvalue weighted by atomic mass is 9.98. The molecule has 4 rings (SSSR count). The minimum absolute atomic E-state index is 0.193. The molecule has 6 heteroatoms. The second-order valence-corrected chi connectivity index (χ2v) is 7.52. The van der Waals surface area contributed by atoms with E-state index in [9.17, 15) is 4.79 Å². The van der Waals surface area contributed by atoms with Gasteiger partial charge in [0.2, 0.25) is 0 Å². The Hall–Kier alpha value is -1.50. The van der Waals surface area contributed by atoms with Gasteiger partial charge in [0.15, 0.2) is 0 Å². The van der Waals surface area contributed by atoms with Crippen molar-refractivity contribution in [1.82, 2.24) is 19.7 Å². The molecule has 3 saturated heterocycles. The molecule has 136 valence electrons. The largest absolute Gasteiger partial charge is 0.363 e. The SMILES string of the molecule is CN1CCN(C(=O)[C@H]2CC[C@@H]3[C@@H](CCN3Cc3ccccn3)O2)CC1. The Labute approximate surface area is 149 Å². The third-order valence-corrected chi connectivity index (χ3v) is 5.84. The maximum Gasteiger partial charge on any atom is 0.251 e. The molecule has 6 nitrogen and oxygen atoms in total. The number of rotatable bonds is 3. The fraction of sp³-hybridized carbons (Fsp3) is 0.684. The van der Waals surface area contributed by atoms with Crippen molar-refractivity contribution < 1.29 is 9.53 Å². The number of nitrogens with zero attached hydrogens (tertiary/aromatic N) is 4. The van der Waals surface area contributed by atoms with Crippen molar-refractivity contribution in [3.8, 4) is 0 Å². The quantitative estimate of drug-likeness (QED) is 0.818. The summed E-state index contributed by atoms with van der Waals surface area (Å²) in [4.78, 5) is 24.0. The summed E-state index contributed by atoms with van der Waals surface area (Å²) in [6.07, 6.45) is 4.71. The number of hydrogen-bond acceptors (Lipinski definition) is 5. The molecule has 3 aliphatic rings. The van der Waals surface area contributed by atoms with Crippen LogP contribution in [0.3, 0.4) is 0 Å². The summed E-state index contributed by atoms with van der Waals surface area (Å²) in [5.41, 5.74) is 1.11. The number of hydrogen-bond donors (Lipinski definition) is 0. The number of ether oxygens (including phenoxy) is 1. The minimum Gasteiger partial charge on any atom is -0.363 e. The number of pyridine rings is 1. The first-order valence-corrected chi connectivity index (χ1v) is 9.47. The molecule has 1 aromatic rings. The maximum absolute atomic E-state index is 12.8. The molecule has 0 unspecified atom stereocenters. The lowest BCUT2D eigenvalue weighted by Gasteiger charge is -2.39. The van der Waals surface area contributed by atoms with Gasteiger partial charge in [-0.25, -0.2) is 0 Å². The summed E-state index contributed by atoms with van der Waals surface area (Å²) in [7, 11) is 2.11. The summed E-state index contributed by atoms with van der Waals surface area (Å²) in [6.45, 7) is 5.48. The van der Waals surface area contributed by atoms with Gasteiger partial charge in [-0.3, -0.25) is 14.7 Å². The van der Waals surface area contributed by atoms with E-state index >= 15 is 0 Å². The summed E-state index contributed by atoms with van der Waals surface area (Å²) < 4.78 is 6.25. The van der Waals surface area contributed by atoms with E-state index in [1.807, 2.05) is 23.2 Å². The van der Waals surface area contributed by atoms with Crippen molar-refractivity contribution >= 4 is 5.91 Å². The predicted molar refractivity (Wildman–Crippen MR) is 95.0 cm³/mol. The van der Waals surface area contributed by atoms with Crippen LogP contribution in [0.5, 0.6) is 0 Å². The first kappa shape index (κ1) is 16.9. The van der Waals surface area contributed by atoms with Crippen LogP contribution in [0.25, 0.3) is 0 Å². The van der Waals surface area contributed by atoms with Gasteiger partial charge in [0.25, 0.3) is 5.91 Å². The molecular weight excluding hydrogens is 316 g/mol. The molecule has 0 bridgehead atoms. The highest BCUT2D eigenvalue weighted by Crippen LogP contribution is 2.33. The van der Waals surface area contributed by atoms with Crippen molar-refractivity contribution in [1.29, 1.82) is 0 Å². The lowest BCUT2D eigenvalue weighted by Crippen LogP contribution is -2.53. The number of aromatic nitrogens is 1. The van der Waals surface area contributed by atoms with E-state index in [-0.39, 0.29) is 18.1 Å². The van der Waals surface area contributed by atoms with Gasteiger partial charge in [-0.1, -0.05) is 6.07 Å². The fourth-order valence-corrected chi connectivity index (χ4v) is 4.32. The first-order chi connectivity index (χ1) is 12.2. The van der Waals surface area contributed by atoms with Crippen molar-refractivity contribution in [3.05, 3.63) is 30.1 Å². The van der Waals surface area contributed by atoms with Gasteiger partial charge in [0, 0.05) is 51.5 Å². The fourth-order valence-electron chi connectivity index (χ4n) is 4.32. The molecule has 0 aliphatic carbocycles. The zero-order valence-electron chi connectivity index (χ0n) is 15.0. The number of piperazine rings is 1. The molecule has 4 heterocycles. The van der Waals surface area contributed by atoms with E-state index in [4.69, 9.17) is 4.74 Å². The summed E-state index contributed by atoms with van der Waals surface area (Å²) in [6, 6.07) is 6.50. The Bertz CT molecular complexity index is 588. The van der Waals surface area contributed by atoms with E-state index in [1.165, 1.54) is 0 Å². The van der Waals surface area contributed by atoms with E-state index < -0.39 is 0 Å². The first-order valence-electron chi connectivity index (χ1n) is 9.47. The van der Waals surface area contributed by atoms with Crippen molar-refractivity contribution in [2.24, 2.45) is 0 Å². The molecule has 1 aromatic heterocycles. The van der Waals surface area contributed by atoms with E-state index in [0.717, 1.165) is 64.2 Å². The van der Waals surface area contributed by atoms with Crippen LogP contribution < -0.4 is 0 Å². The number of carbonyl (C=O) groups is 1. The third-order valence-electron chi connectivity index (χ3n) is 5.84. The number of likely N-dealkylation sites (tertiary alicyclic amines) is 1. The maximum atomic E-state index is 12.8. The van der Waals surface area contributed by atoms with Crippen molar-refractivity contribution in [2.45, 2.75) is 44.1 Å². The van der Waals surface area contributed by atoms with Gasteiger partial charge >= 0.3 is 0 Å². The van der Waals surface area contributed by atoms with Crippen LogP contribution in [0.15, 0.2) is 24.4 Å². The monoisotopic (exact) mass is 344 g/mol. The van der Waals surface area contributed by atoms with Crippen LogP contribution in [0.1, 0.15) is 25.0 Å². The number of likely N-dealkylation sites (N-methyl/N-ethyl adjacent to an activating group) is 1. The molecule has 0 N–H and O–H groups in total. The highest BCUT2D eigenvalue weighted by Gasteiger charge is 2.42. The van der Waals surface area contributed by atoms with Crippen molar-refractivity contribution in [3.63, 3.8) is 0 Å². The number of carbonyl (C=O) groups excluding carboxylic acids is 1. The molecule has 25 heavy (non-hydrogen) atoms. The molecule has 0 spiro atoms. The summed E-state index contributed by atoms with van der Waals surface area (Å²) in [5, 5.41) is 0. The van der Waals surface area contributed by atoms with E-state index in [1.54, 1.807) is 0 Å². The molecule has 1 amide bonds. The average molecular weight is 344 g/mol. The molecule has 0 aromatic carbocycles. The molecule has 3 aliphatic heterocycles. The van der Waals surface area contributed by atoms with Gasteiger partial charge in [-0.05, 0) is 38.4 Å². The smallest absolute Gasteiger partial charge is 0.251 e. The third kappa shape index (κ3) is 3.71. The molecular formula is C19H28N4O2. The molecule has 3 fully saturated rings. The van der Waals surface area contributed by atoms with Crippen LogP contribution in [-0.4, -0.2) is 83.6 Å². The van der Waals surface area contributed by atoms with Gasteiger partial charge < -0.3 is 14.5 Å². The molecule has 3 atom stereocenters. The topological polar surface area (TPSA) is 48.9 Å². The number of amides is 1. The van der Waals surface area contributed by atoms with Crippen LogP contribution in [-0.2, 0) is 16.1 Å². The minimum atomic E-state index is -0.237. The van der Waals surface area contributed by atoms with Gasteiger partial charge in [0.1, 0.15) is 6.10 Å². The highest BCUT2D eigenvalue weighted by molar-refractivity contribution is 5.81. The Balaban J connectivity index is 1.33. The van der Waals surface area contributed by atoms with Crippen LogP contribution in [0, 0.1) is 0 Å². The lowest BCUT2D eigenvalue weighted by molar-refractivity contribution is -0.156. The second kappa shape index (κ2) is 7.40. The highest BCUT2D eigenvalue weighted by atomic mass is 16.5.